The first-order chi connectivity index (χ1) is 13.1. The molecule has 3 rings (SSSR count). The van der Waals surface area contributed by atoms with Gasteiger partial charge in [-0.3, -0.25) is 14.2 Å². The van der Waals surface area contributed by atoms with Crippen LogP contribution in [0.5, 0.6) is 11.5 Å². The number of aromatic nitrogens is 1. The highest BCUT2D eigenvalue weighted by molar-refractivity contribution is 7.16. The largest absolute Gasteiger partial charge is 0.493 e. The van der Waals surface area contributed by atoms with Gasteiger partial charge in [-0.25, -0.2) is 0 Å². The summed E-state index contributed by atoms with van der Waals surface area (Å²) < 4.78 is 13.7. The van der Waals surface area contributed by atoms with Crippen molar-refractivity contribution in [3.63, 3.8) is 0 Å². The number of anilines is 1. The van der Waals surface area contributed by atoms with Crippen LogP contribution in [0.25, 0.3) is 10.2 Å². The lowest BCUT2D eigenvalue weighted by molar-refractivity contribution is -0.122. The monoisotopic (exact) mass is 386 g/mol. The molecule has 0 aliphatic rings. The van der Waals surface area contributed by atoms with E-state index in [-0.39, 0.29) is 10.8 Å². The van der Waals surface area contributed by atoms with Crippen molar-refractivity contribution in [2.24, 2.45) is 0 Å². The summed E-state index contributed by atoms with van der Waals surface area (Å²) in [4.78, 5) is 24.7. The minimum absolute atomic E-state index is 0.00178. The van der Waals surface area contributed by atoms with Gasteiger partial charge in [0.15, 0.2) is 17.6 Å². The number of rotatable bonds is 7. The lowest BCUT2D eigenvalue weighted by Gasteiger charge is -2.19. The van der Waals surface area contributed by atoms with E-state index in [0.29, 0.717) is 30.2 Å². The fourth-order valence-electron chi connectivity index (χ4n) is 2.86. The molecule has 142 valence electrons. The predicted octanol–water partition coefficient (Wildman–Crippen LogP) is 3.89. The Balaban J connectivity index is 1.78. The molecule has 3 aromatic rings. The maximum atomic E-state index is 12.7. The highest BCUT2D eigenvalue weighted by Gasteiger charge is 2.20. The molecule has 0 saturated heterocycles. The molecule has 0 unspecified atom stereocenters. The molecule has 1 amide bonds. The number of para-hydroxylation sites is 2. The van der Waals surface area contributed by atoms with Crippen molar-refractivity contribution in [3.8, 4) is 11.5 Å². The van der Waals surface area contributed by atoms with Crippen molar-refractivity contribution in [2.75, 3.05) is 12.4 Å². The molecule has 0 radical (unpaired) electrons. The molecule has 27 heavy (non-hydrogen) atoms. The van der Waals surface area contributed by atoms with E-state index in [9.17, 15) is 9.59 Å². The van der Waals surface area contributed by atoms with Gasteiger partial charge in [0.25, 0.3) is 5.91 Å². The Kier molecular flexibility index (Phi) is 5.81. The van der Waals surface area contributed by atoms with Crippen molar-refractivity contribution in [3.05, 3.63) is 52.1 Å². The number of amides is 1. The van der Waals surface area contributed by atoms with E-state index in [1.54, 1.807) is 29.9 Å². The quantitative estimate of drug-likeness (QED) is 0.669. The second-order valence-corrected chi connectivity index (χ2v) is 6.94. The maximum absolute atomic E-state index is 12.7. The summed E-state index contributed by atoms with van der Waals surface area (Å²) in [5.41, 5.74) is 1.52. The van der Waals surface area contributed by atoms with Gasteiger partial charge in [0, 0.05) is 12.2 Å². The lowest BCUT2D eigenvalue weighted by atomic mass is 10.2. The van der Waals surface area contributed by atoms with Gasteiger partial charge in [-0.1, -0.05) is 30.4 Å². The summed E-state index contributed by atoms with van der Waals surface area (Å²) in [7, 11) is 1.56. The maximum Gasteiger partial charge on any atom is 0.308 e. The third-order valence-corrected chi connectivity index (χ3v) is 5.20. The van der Waals surface area contributed by atoms with Crippen molar-refractivity contribution >= 4 is 33.1 Å². The topological polar surface area (TPSA) is 69.6 Å². The molecule has 1 aromatic heterocycles. The van der Waals surface area contributed by atoms with Crippen LogP contribution in [0.1, 0.15) is 20.3 Å². The van der Waals surface area contributed by atoms with Crippen LogP contribution in [0.15, 0.2) is 47.3 Å². The molecule has 0 saturated carbocycles. The molecule has 0 fully saturated rings. The zero-order valence-electron chi connectivity index (χ0n) is 15.5. The molecule has 0 aliphatic heterocycles. The Labute approximate surface area is 161 Å². The molecule has 6 nitrogen and oxygen atoms in total. The molecule has 1 atom stereocenters. The van der Waals surface area contributed by atoms with Gasteiger partial charge < -0.3 is 14.8 Å². The van der Waals surface area contributed by atoms with Crippen LogP contribution < -0.4 is 19.7 Å². The number of hydrogen-bond donors (Lipinski definition) is 1. The number of nitrogens with zero attached hydrogens (tertiary/aromatic N) is 1. The number of carbonyl (C=O) groups is 1. The lowest BCUT2D eigenvalue weighted by Crippen LogP contribution is -2.32. The first kappa shape index (κ1) is 19.0. The molecular weight excluding hydrogens is 364 g/mol. The first-order valence-corrected chi connectivity index (χ1v) is 9.63. The van der Waals surface area contributed by atoms with Gasteiger partial charge >= 0.3 is 4.87 Å². The average Bonchev–Trinajstić information content (AvgIpc) is 3.00. The second kappa shape index (κ2) is 8.26. The van der Waals surface area contributed by atoms with Crippen LogP contribution in [-0.2, 0) is 11.3 Å². The number of methoxy groups -OCH3 is 1. The number of ether oxygens (including phenoxy) is 2. The van der Waals surface area contributed by atoms with E-state index in [1.165, 1.54) is 11.3 Å². The summed E-state index contributed by atoms with van der Waals surface area (Å²) in [5, 5.41) is 2.88. The SMILES string of the molecule is CC[C@@H](Oc1ccccc1OC)C(=O)Nc1ccc2c(c1)sc(=O)n2CC. The van der Waals surface area contributed by atoms with E-state index >= 15 is 0 Å². The molecule has 1 N–H and O–H groups in total. The molecule has 0 spiro atoms. The van der Waals surface area contributed by atoms with Crippen molar-refractivity contribution in [2.45, 2.75) is 32.9 Å². The molecule has 1 heterocycles. The van der Waals surface area contributed by atoms with E-state index in [2.05, 4.69) is 5.32 Å². The number of carbonyl (C=O) groups excluding carboxylic acids is 1. The summed E-state index contributed by atoms with van der Waals surface area (Å²) in [6, 6.07) is 12.7. The Hall–Kier alpha value is -2.80. The number of nitrogens with one attached hydrogen (secondary N) is 1. The number of fused-ring (bicyclic) bond motifs is 1. The molecule has 0 aliphatic carbocycles. The fraction of sp³-hybridized carbons (Fsp3) is 0.300. The normalized spacial score (nSPS) is 12.0. The van der Waals surface area contributed by atoms with Crippen LogP contribution in [0.2, 0.25) is 0 Å². The van der Waals surface area contributed by atoms with Gasteiger partial charge in [-0.05, 0) is 43.7 Å². The average molecular weight is 386 g/mol. The number of aryl methyl sites for hydroxylation is 1. The second-order valence-electron chi connectivity index (χ2n) is 5.95. The van der Waals surface area contributed by atoms with Crippen LogP contribution in [0.4, 0.5) is 5.69 Å². The van der Waals surface area contributed by atoms with Gasteiger partial charge in [0.05, 0.1) is 17.3 Å². The smallest absolute Gasteiger partial charge is 0.308 e. The van der Waals surface area contributed by atoms with E-state index < -0.39 is 6.10 Å². The highest BCUT2D eigenvalue weighted by atomic mass is 32.1. The summed E-state index contributed by atoms with van der Waals surface area (Å²) in [6.07, 6.45) is -0.151. The Morgan fingerprint density at radius 1 is 1.19 bits per heavy atom. The van der Waals surface area contributed by atoms with Crippen molar-refractivity contribution in [1.29, 1.82) is 0 Å². The Morgan fingerprint density at radius 3 is 2.59 bits per heavy atom. The van der Waals surface area contributed by atoms with Gasteiger partial charge in [-0.15, -0.1) is 0 Å². The zero-order chi connectivity index (χ0) is 19.4. The highest BCUT2D eigenvalue weighted by Crippen LogP contribution is 2.28. The van der Waals surface area contributed by atoms with Crippen LogP contribution in [0, 0.1) is 0 Å². The Bertz CT molecular complexity index is 1010. The van der Waals surface area contributed by atoms with Crippen LogP contribution in [-0.4, -0.2) is 23.7 Å². The van der Waals surface area contributed by atoms with Crippen LogP contribution >= 0.6 is 11.3 Å². The predicted molar refractivity (Wildman–Crippen MR) is 108 cm³/mol. The van der Waals surface area contributed by atoms with Gasteiger partial charge in [0.2, 0.25) is 0 Å². The molecule has 0 bridgehead atoms. The van der Waals surface area contributed by atoms with E-state index in [4.69, 9.17) is 9.47 Å². The van der Waals surface area contributed by atoms with Gasteiger partial charge in [-0.2, -0.15) is 0 Å². The molecule has 2 aromatic carbocycles. The standard InChI is InChI=1S/C20H22N2O4S/c1-4-15(26-17-9-7-6-8-16(17)25-3)19(23)21-13-10-11-14-18(12-13)27-20(24)22(14)5-2/h6-12,15H,4-5H2,1-3H3,(H,21,23)/t15-/m1/s1. The minimum Gasteiger partial charge on any atom is -0.493 e. The zero-order valence-corrected chi connectivity index (χ0v) is 16.3. The van der Waals surface area contributed by atoms with Gasteiger partial charge in [0.1, 0.15) is 0 Å². The van der Waals surface area contributed by atoms with E-state index in [1.807, 2.05) is 38.1 Å². The van der Waals surface area contributed by atoms with Crippen LogP contribution in [0.3, 0.4) is 0 Å². The summed E-state index contributed by atoms with van der Waals surface area (Å²) >= 11 is 1.17. The number of hydrogen-bond acceptors (Lipinski definition) is 5. The first-order valence-electron chi connectivity index (χ1n) is 8.81. The number of benzene rings is 2. The Morgan fingerprint density at radius 2 is 1.93 bits per heavy atom. The van der Waals surface area contributed by atoms with E-state index in [0.717, 1.165) is 10.2 Å². The number of thiazole rings is 1. The summed E-state index contributed by atoms with van der Waals surface area (Å²) in [5.74, 6) is 0.858. The minimum atomic E-state index is -0.657. The third-order valence-electron chi connectivity index (χ3n) is 4.25. The third kappa shape index (κ3) is 3.98. The molecular formula is C20H22N2O4S. The molecule has 7 heteroatoms. The van der Waals surface area contributed by atoms with Crippen molar-refractivity contribution in [1.82, 2.24) is 4.57 Å². The fourth-order valence-corrected chi connectivity index (χ4v) is 3.85. The summed E-state index contributed by atoms with van der Waals surface area (Å²) in [6.45, 7) is 4.44. The van der Waals surface area contributed by atoms with Crippen molar-refractivity contribution < 1.29 is 14.3 Å².